The zero-order valence-electron chi connectivity index (χ0n) is 11.7. The highest BCUT2D eigenvalue weighted by atomic mass is 19.1. The second-order valence-electron chi connectivity index (χ2n) is 5.61. The third-order valence-corrected chi connectivity index (χ3v) is 4.10. The maximum Gasteiger partial charge on any atom is 0.223 e. The van der Waals surface area contributed by atoms with Gasteiger partial charge in [0.1, 0.15) is 5.82 Å². The summed E-state index contributed by atoms with van der Waals surface area (Å²) in [6, 6.07) is 5.05. The second kappa shape index (κ2) is 5.27. The van der Waals surface area contributed by atoms with Crippen LogP contribution < -0.4 is 0 Å². The highest BCUT2D eigenvalue weighted by molar-refractivity contribution is 5.84. The molecule has 1 saturated heterocycles. The molecule has 0 aliphatic carbocycles. The van der Waals surface area contributed by atoms with E-state index in [0.717, 1.165) is 30.3 Å². The van der Waals surface area contributed by atoms with Gasteiger partial charge in [-0.15, -0.1) is 0 Å². The van der Waals surface area contributed by atoms with Crippen LogP contribution in [0.2, 0.25) is 0 Å². The Balaban J connectivity index is 1.80. The maximum atomic E-state index is 13.6. The van der Waals surface area contributed by atoms with E-state index in [9.17, 15) is 9.18 Å². The van der Waals surface area contributed by atoms with Crippen LogP contribution in [-0.2, 0) is 11.3 Å². The van der Waals surface area contributed by atoms with E-state index in [1.165, 1.54) is 6.07 Å². The average Bonchev–Trinajstić information content (AvgIpc) is 2.97. The average molecular weight is 274 g/mol. The van der Waals surface area contributed by atoms with E-state index < -0.39 is 0 Å². The van der Waals surface area contributed by atoms with Gasteiger partial charge in [-0.05, 0) is 24.0 Å². The van der Waals surface area contributed by atoms with Gasteiger partial charge >= 0.3 is 0 Å². The van der Waals surface area contributed by atoms with Crippen LogP contribution in [0.5, 0.6) is 0 Å². The molecule has 2 aromatic rings. The number of carbonyl (C=O) groups is 1. The quantitative estimate of drug-likeness (QED) is 0.910. The van der Waals surface area contributed by atoms with E-state index in [1.54, 1.807) is 6.07 Å². The van der Waals surface area contributed by atoms with Crippen molar-refractivity contribution in [2.24, 2.45) is 5.92 Å². The van der Waals surface area contributed by atoms with E-state index in [4.69, 9.17) is 0 Å². The summed E-state index contributed by atoms with van der Waals surface area (Å²) in [6.45, 7) is 3.55. The first-order valence-electron chi connectivity index (χ1n) is 7.21. The van der Waals surface area contributed by atoms with Crippen molar-refractivity contribution in [3.63, 3.8) is 0 Å². The number of halogens is 1. The van der Waals surface area contributed by atoms with Gasteiger partial charge in [0.2, 0.25) is 5.91 Å². The normalized spacial score (nSPS) is 19.2. The number of aromatic nitrogens is 1. The number of nitrogens with one attached hydrogen (secondary N) is 1. The molecule has 1 N–H and O–H groups in total. The summed E-state index contributed by atoms with van der Waals surface area (Å²) >= 11 is 0. The molecule has 20 heavy (non-hydrogen) atoms. The number of hydrogen-bond donors (Lipinski definition) is 1. The first-order valence-corrected chi connectivity index (χ1v) is 7.21. The maximum absolute atomic E-state index is 13.6. The number of nitrogens with zero attached hydrogens (tertiary/aromatic N) is 1. The summed E-state index contributed by atoms with van der Waals surface area (Å²) in [4.78, 5) is 16.9. The lowest BCUT2D eigenvalue weighted by molar-refractivity contribution is -0.128. The monoisotopic (exact) mass is 274 g/mol. The minimum Gasteiger partial charge on any atom is -0.358 e. The summed E-state index contributed by atoms with van der Waals surface area (Å²) in [7, 11) is 0. The van der Waals surface area contributed by atoms with Crippen LogP contribution in [0.4, 0.5) is 4.39 Å². The molecular weight excluding hydrogens is 255 g/mol. The summed E-state index contributed by atoms with van der Waals surface area (Å²) in [5.41, 5.74) is 1.52. The molecule has 0 bridgehead atoms. The van der Waals surface area contributed by atoms with Gasteiger partial charge in [-0.1, -0.05) is 25.5 Å². The highest BCUT2D eigenvalue weighted by Gasteiger charge is 2.29. The molecule has 1 aliphatic heterocycles. The number of benzene rings is 1. The van der Waals surface area contributed by atoms with Crippen LogP contribution in [0.3, 0.4) is 0 Å². The number of aromatic amines is 1. The SMILES string of the molecule is CCCC1CC(=O)N(Cc2c[nH]c3c(F)cccc23)C1. The Kier molecular flexibility index (Phi) is 3.47. The third kappa shape index (κ3) is 2.30. The molecule has 1 aromatic heterocycles. The smallest absolute Gasteiger partial charge is 0.223 e. The number of para-hydroxylation sites is 1. The number of rotatable bonds is 4. The van der Waals surface area contributed by atoms with Crippen molar-refractivity contribution in [3.8, 4) is 0 Å². The van der Waals surface area contributed by atoms with Gasteiger partial charge in [-0.25, -0.2) is 4.39 Å². The number of amides is 1. The summed E-state index contributed by atoms with van der Waals surface area (Å²) in [6.07, 6.45) is 4.69. The Labute approximate surface area is 117 Å². The molecule has 1 atom stereocenters. The van der Waals surface area contributed by atoms with Crippen LogP contribution in [0.25, 0.3) is 10.9 Å². The minimum absolute atomic E-state index is 0.217. The largest absolute Gasteiger partial charge is 0.358 e. The fourth-order valence-electron chi connectivity index (χ4n) is 3.12. The number of hydrogen-bond acceptors (Lipinski definition) is 1. The molecule has 3 rings (SSSR count). The Morgan fingerprint density at radius 3 is 3.10 bits per heavy atom. The fraction of sp³-hybridized carbons (Fsp3) is 0.438. The lowest BCUT2D eigenvalue weighted by Crippen LogP contribution is -2.24. The first-order chi connectivity index (χ1) is 9.69. The molecule has 0 radical (unpaired) electrons. The topological polar surface area (TPSA) is 36.1 Å². The Morgan fingerprint density at radius 2 is 2.30 bits per heavy atom. The molecule has 1 fully saturated rings. The highest BCUT2D eigenvalue weighted by Crippen LogP contribution is 2.27. The molecule has 3 nitrogen and oxygen atoms in total. The van der Waals surface area contributed by atoms with Gasteiger partial charge < -0.3 is 9.88 Å². The van der Waals surface area contributed by atoms with Crippen LogP contribution in [0, 0.1) is 11.7 Å². The summed E-state index contributed by atoms with van der Waals surface area (Å²) in [5.74, 6) is 0.453. The molecule has 0 spiro atoms. The second-order valence-corrected chi connectivity index (χ2v) is 5.61. The fourth-order valence-corrected chi connectivity index (χ4v) is 3.12. The molecule has 106 valence electrons. The van der Waals surface area contributed by atoms with Crippen LogP contribution in [-0.4, -0.2) is 22.3 Å². The van der Waals surface area contributed by atoms with Crippen LogP contribution in [0.15, 0.2) is 24.4 Å². The van der Waals surface area contributed by atoms with Gasteiger partial charge in [-0.2, -0.15) is 0 Å². The Bertz CT molecular complexity index is 634. The zero-order valence-corrected chi connectivity index (χ0v) is 11.7. The van der Waals surface area contributed by atoms with Crippen molar-refractivity contribution in [1.82, 2.24) is 9.88 Å². The third-order valence-electron chi connectivity index (χ3n) is 4.10. The van der Waals surface area contributed by atoms with Gasteiger partial charge in [-0.3, -0.25) is 4.79 Å². The molecular formula is C16H19FN2O. The van der Waals surface area contributed by atoms with Gasteiger partial charge in [0.15, 0.2) is 0 Å². The van der Waals surface area contributed by atoms with Crippen molar-refractivity contribution >= 4 is 16.8 Å². The summed E-state index contributed by atoms with van der Waals surface area (Å²) in [5, 5.41) is 0.872. The Morgan fingerprint density at radius 1 is 1.45 bits per heavy atom. The lowest BCUT2D eigenvalue weighted by Gasteiger charge is -2.16. The van der Waals surface area contributed by atoms with Crippen molar-refractivity contribution in [2.45, 2.75) is 32.7 Å². The van der Waals surface area contributed by atoms with E-state index in [-0.39, 0.29) is 11.7 Å². The van der Waals surface area contributed by atoms with Crippen molar-refractivity contribution in [3.05, 3.63) is 35.8 Å². The van der Waals surface area contributed by atoms with Gasteiger partial charge in [0.05, 0.1) is 5.52 Å². The molecule has 1 aromatic carbocycles. The molecule has 1 unspecified atom stereocenters. The van der Waals surface area contributed by atoms with E-state index in [2.05, 4.69) is 11.9 Å². The van der Waals surface area contributed by atoms with Crippen LogP contribution >= 0.6 is 0 Å². The van der Waals surface area contributed by atoms with Crippen molar-refractivity contribution < 1.29 is 9.18 Å². The van der Waals surface area contributed by atoms with Crippen molar-refractivity contribution in [2.75, 3.05) is 6.54 Å². The molecule has 2 heterocycles. The molecule has 1 aliphatic rings. The molecule has 1 amide bonds. The summed E-state index contributed by atoms with van der Waals surface area (Å²) < 4.78 is 13.6. The molecule has 4 heteroatoms. The number of carbonyl (C=O) groups excluding carboxylic acids is 1. The predicted molar refractivity (Wildman–Crippen MR) is 76.7 cm³/mol. The van der Waals surface area contributed by atoms with Crippen LogP contribution in [0.1, 0.15) is 31.7 Å². The lowest BCUT2D eigenvalue weighted by atomic mass is 10.0. The Hall–Kier alpha value is -1.84. The van der Waals surface area contributed by atoms with Gasteiger partial charge in [0, 0.05) is 31.1 Å². The van der Waals surface area contributed by atoms with Crippen molar-refractivity contribution in [1.29, 1.82) is 0 Å². The molecule has 0 saturated carbocycles. The number of fused-ring (bicyclic) bond motifs is 1. The van der Waals surface area contributed by atoms with Gasteiger partial charge in [0.25, 0.3) is 0 Å². The van der Waals surface area contributed by atoms with E-state index >= 15 is 0 Å². The zero-order chi connectivity index (χ0) is 14.1. The minimum atomic E-state index is -0.245. The number of likely N-dealkylation sites (tertiary alicyclic amines) is 1. The van der Waals surface area contributed by atoms with E-state index in [1.807, 2.05) is 17.2 Å². The predicted octanol–water partition coefficient (Wildman–Crippen LogP) is 3.46. The number of H-pyrrole nitrogens is 1. The standard InChI is InChI=1S/C16H19FN2O/c1-2-4-11-7-15(20)19(9-11)10-12-8-18-16-13(12)5-3-6-14(16)17/h3,5-6,8,11,18H,2,4,7,9-10H2,1H3. The van der Waals surface area contributed by atoms with E-state index in [0.29, 0.717) is 24.4 Å². The first kappa shape index (κ1) is 13.2.